The summed E-state index contributed by atoms with van der Waals surface area (Å²) in [4.78, 5) is 25.5. The van der Waals surface area contributed by atoms with Crippen molar-refractivity contribution in [1.29, 1.82) is 0 Å². The number of benzene rings is 2. The lowest BCUT2D eigenvalue weighted by Gasteiger charge is -2.21. The molecule has 2 aromatic rings. The Morgan fingerprint density at radius 3 is 2.46 bits per heavy atom. The average molecular weight is 345 g/mol. The highest BCUT2D eigenvalue weighted by Gasteiger charge is 2.13. The Balaban J connectivity index is 1.88. The molecule has 0 atom stereocenters. The molecule has 0 bridgehead atoms. The molecule has 2 amide bonds. The van der Waals surface area contributed by atoms with Crippen LogP contribution in [0.3, 0.4) is 0 Å². The van der Waals surface area contributed by atoms with E-state index >= 15 is 0 Å². The second kappa shape index (κ2) is 8.50. The molecule has 2 aromatic carbocycles. The molecule has 0 fully saturated rings. The predicted molar refractivity (Wildman–Crippen MR) is 97.1 cm³/mol. The van der Waals surface area contributed by atoms with E-state index in [9.17, 15) is 9.59 Å². The first-order valence-corrected chi connectivity index (χ1v) is 8.19. The van der Waals surface area contributed by atoms with Gasteiger partial charge in [-0.25, -0.2) is 0 Å². The minimum Gasteiger partial charge on any atom is -0.352 e. The number of anilines is 1. The minimum atomic E-state index is -0.0937. The molecule has 24 heavy (non-hydrogen) atoms. The zero-order chi connectivity index (χ0) is 17.5. The largest absolute Gasteiger partial charge is 0.352 e. The molecule has 0 saturated carbocycles. The highest BCUT2D eigenvalue weighted by molar-refractivity contribution is 6.30. The zero-order valence-corrected chi connectivity index (χ0v) is 14.6. The number of hydrogen-bond acceptors (Lipinski definition) is 2. The van der Waals surface area contributed by atoms with Crippen LogP contribution in [0.15, 0.2) is 48.5 Å². The number of rotatable bonds is 6. The van der Waals surface area contributed by atoms with Crippen LogP contribution in [0.25, 0.3) is 0 Å². The third kappa shape index (κ3) is 5.39. The summed E-state index contributed by atoms with van der Waals surface area (Å²) in [6.07, 6.45) is 0.251. The molecule has 0 radical (unpaired) electrons. The summed E-state index contributed by atoms with van der Waals surface area (Å²) in [6, 6.07) is 15.0. The van der Waals surface area contributed by atoms with E-state index in [1.54, 1.807) is 17.0 Å². The lowest BCUT2D eigenvalue weighted by atomic mass is 10.2. The van der Waals surface area contributed by atoms with E-state index < -0.39 is 0 Å². The molecule has 0 aliphatic rings. The number of aryl methyl sites for hydroxylation is 1. The van der Waals surface area contributed by atoms with Gasteiger partial charge in [-0.1, -0.05) is 35.9 Å². The fourth-order valence-electron chi connectivity index (χ4n) is 2.37. The topological polar surface area (TPSA) is 49.4 Å². The number of halogens is 1. The fourth-order valence-corrected chi connectivity index (χ4v) is 2.49. The maximum Gasteiger partial charge on any atom is 0.223 e. The van der Waals surface area contributed by atoms with Gasteiger partial charge in [-0.05, 0) is 42.3 Å². The molecule has 0 aliphatic heterocycles. The summed E-state index contributed by atoms with van der Waals surface area (Å²) < 4.78 is 0. The SMILES string of the molecule is CC(=O)N(CCC(=O)NCc1ccc(Cl)cc1)c1cccc(C)c1. The van der Waals surface area contributed by atoms with Crippen molar-refractivity contribution in [3.63, 3.8) is 0 Å². The second-order valence-electron chi connectivity index (χ2n) is 5.66. The molecule has 0 spiro atoms. The van der Waals surface area contributed by atoms with E-state index in [2.05, 4.69) is 5.32 Å². The molecule has 0 aliphatic carbocycles. The monoisotopic (exact) mass is 344 g/mol. The van der Waals surface area contributed by atoms with Gasteiger partial charge in [-0.15, -0.1) is 0 Å². The van der Waals surface area contributed by atoms with Crippen LogP contribution < -0.4 is 10.2 Å². The fraction of sp³-hybridized carbons (Fsp3) is 0.263. The summed E-state index contributed by atoms with van der Waals surface area (Å²) >= 11 is 5.83. The molecular weight excluding hydrogens is 324 g/mol. The Hall–Kier alpha value is -2.33. The summed E-state index contributed by atoms with van der Waals surface area (Å²) in [5, 5.41) is 3.52. The second-order valence-corrected chi connectivity index (χ2v) is 6.10. The first kappa shape index (κ1) is 18.0. The Kier molecular flexibility index (Phi) is 6.38. The molecule has 1 N–H and O–H groups in total. The highest BCUT2D eigenvalue weighted by atomic mass is 35.5. The van der Waals surface area contributed by atoms with Crippen molar-refractivity contribution < 1.29 is 9.59 Å². The van der Waals surface area contributed by atoms with E-state index in [1.807, 2.05) is 43.3 Å². The highest BCUT2D eigenvalue weighted by Crippen LogP contribution is 2.16. The van der Waals surface area contributed by atoms with Crippen LogP contribution in [-0.4, -0.2) is 18.4 Å². The standard InChI is InChI=1S/C19H21ClN2O2/c1-14-4-3-5-18(12-14)22(15(2)23)11-10-19(24)21-13-16-6-8-17(20)9-7-16/h3-9,12H,10-11,13H2,1-2H3,(H,21,24). The van der Waals surface area contributed by atoms with Crippen molar-refractivity contribution in [3.8, 4) is 0 Å². The van der Waals surface area contributed by atoms with Crippen molar-refractivity contribution >= 4 is 29.1 Å². The van der Waals surface area contributed by atoms with Gasteiger partial charge in [0.1, 0.15) is 0 Å². The molecule has 4 nitrogen and oxygen atoms in total. The number of nitrogens with one attached hydrogen (secondary N) is 1. The zero-order valence-electron chi connectivity index (χ0n) is 13.9. The van der Waals surface area contributed by atoms with Gasteiger partial charge in [0, 0.05) is 37.1 Å². The third-order valence-corrected chi connectivity index (χ3v) is 3.91. The summed E-state index contributed by atoms with van der Waals surface area (Å²) in [5.41, 5.74) is 2.87. The molecule has 0 heterocycles. The van der Waals surface area contributed by atoms with E-state index in [-0.39, 0.29) is 18.2 Å². The van der Waals surface area contributed by atoms with Gasteiger partial charge in [0.15, 0.2) is 0 Å². The van der Waals surface area contributed by atoms with E-state index in [0.717, 1.165) is 16.8 Å². The summed E-state index contributed by atoms with van der Waals surface area (Å²) in [6.45, 7) is 4.28. The van der Waals surface area contributed by atoms with Gasteiger partial charge in [-0.3, -0.25) is 9.59 Å². The summed E-state index contributed by atoms with van der Waals surface area (Å²) in [7, 11) is 0. The van der Waals surface area contributed by atoms with E-state index in [4.69, 9.17) is 11.6 Å². The van der Waals surface area contributed by atoms with E-state index in [1.165, 1.54) is 6.92 Å². The number of carbonyl (C=O) groups excluding carboxylic acids is 2. The van der Waals surface area contributed by atoms with Gasteiger partial charge in [-0.2, -0.15) is 0 Å². The number of hydrogen-bond donors (Lipinski definition) is 1. The van der Waals surface area contributed by atoms with Crippen LogP contribution in [0.5, 0.6) is 0 Å². The Morgan fingerprint density at radius 1 is 1.12 bits per heavy atom. The van der Waals surface area contributed by atoms with Gasteiger partial charge in [0.25, 0.3) is 0 Å². The van der Waals surface area contributed by atoms with Gasteiger partial charge >= 0.3 is 0 Å². The first-order chi connectivity index (χ1) is 11.5. The van der Waals surface area contributed by atoms with Gasteiger partial charge in [0.05, 0.1) is 0 Å². The van der Waals surface area contributed by atoms with E-state index in [0.29, 0.717) is 18.1 Å². The Labute approximate surface area is 147 Å². The van der Waals surface area contributed by atoms with Crippen LogP contribution in [0.2, 0.25) is 5.02 Å². The van der Waals surface area contributed by atoms with Crippen molar-refractivity contribution in [2.75, 3.05) is 11.4 Å². The first-order valence-electron chi connectivity index (χ1n) is 7.81. The van der Waals surface area contributed by atoms with Crippen LogP contribution in [0.4, 0.5) is 5.69 Å². The van der Waals surface area contributed by atoms with Crippen molar-refractivity contribution in [3.05, 3.63) is 64.7 Å². The van der Waals surface area contributed by atoms with Crippen molar-refractivity contribution in [1.82, 2.24) is 5.32 Å². The van der Waals surface area contributed by atoms with Crippen molar-refractivity contribution in [2.24, 2.45) is 0 Å². The molecule has 0 aromatic heterocycles. The molecule has 126 valence electrons. The molecule has 5 heteroatoms. The van der Waals surface area contributed by atoms with Crippen LogP contribution >= 0.6 is 11.6 Å². The molecule has 0 unspecified atom stereocenters. The lowest BCUT2D eigenvalue weighted by molar-refractivity contribution is -0.121. The van der Waals surface area contributed by atoms with Crippen LogP contribution in [-0.2, 0) is 16.1 Å². The smallest absolute Gasteiger partial charge is 0.223 e. The number of amides is 2. The molecular formula is C19H21ClN2O2. The number of nitrogens with zero attached hydrogens (tertiary/aromatic N) is 1. The summed E-state index contributed by atoms with van der Waals surface area (Å²) in [5.74, 6) is -0.171. The van der Waals surface area contributed by atoms with Gasteiger partial charge < -0.3 is 10.2 Å². The van der Waals surface area contributed by atoms with Crippen molar-refractivity contribution in [2.45, 2.75) is 26.8 Å². The molecule has 0 saturated heterocycles. The maximum atomic E-state index is 12.0. The third-order valence-electron chi connectivity index (χ3n) is 3.66. The Bertz CT molecular complexity index is 714. The Morgan fingerprint density at radius 2 is 1.83 bits per heavy atom. The minimum absolute atomic E-state index is 0.0777. The number of carbonyl (C=O) groups is 2. The quantitative estimate of drug-likeness (QED) is 0.868. The average Bonchev–Trinajstić information content (AvgIpc) is 2.54. The van der Waals surface area contributed by atoms with Crippen LogP contribution in [0.1, 0.15) is 24.5 Å². The predicted octanol–water partition coefficient (Wildman–Crippen LogP) is 3.71. The maximum absolute atomic E-state index is 12.0. The van der Waals surface area contributed by atoms with Crippen LogP contribution in [0, 0.1) is 6.92 Å². The normalized spacial score (nSPS) is 10.3. The molecule has 2 rings (SSSR count). The lowest BCUT2D eigenvalue weighted by Crippen LogP contribution is -2.33. The van der Waals surface area contributed by atoms with Gasteiger partial charge in [0.2, 0.25) is 11.8 Å².